The summed E-state index contributed by atoms with van der Waals surface area (Å²) in [5.41, 5.74) is 6.77. The number of nitrogens with zero attached hydrogens (tertiary/aromatic N) is 6. The van der Waals surface area contributed by atoms with E-state index < -0.39 is 0 Å². The third-order valence-electron chi connectivity index (χ3n) is 4.29. The van der Waals surface area contributed by atoms with E-state index in [1.54, 1.807) is 35.3 Å². The molecule has 0 saturated carbocycles. The lowest BCUT2D eigenvalue weighted by atomic mass is 10.3. The zero-order chi connectivity index (χ0) is 17.6. The number of nitrogens with two attached hydrogens (primary N) is 1. The second-order valence-corrected chi connectivity index (χ2v) is 5.82. The van der Waals surface area contributed by atoms with Crippen LogP contribution in [0.1, 0.15) is 12.5 Å². The molecule has 0 unspecified atom stereocenters. The second kappa shape index (κ2) is 7.78. The van der Waals surface area contributed by atoms with Gasteiger partial charge in [0, 0.05) is 56.9 Å². The van der Waals surface area contributed by atoms with E-state index in [4.69, 9.17) is 5.73 Å². The maximum atomic E-state index is 12.2. The molecule has 8 heteroatoms. The molecule has 2 N–H and O–H groups in total. The van der Waals surface area contributed by atoms with Crippen LogP contribution in [0.5, 0.6) is 0 Å². The highest BCUT2D eigenvalue weighted by atomic mass is 16.1. The predicted molar refractivity (Wildman–Crippen MR) is 97.5 cm³/mol. The van der Waals surface area contributed by atoms with Crippen molar-refractivity contribution in [3.63, 3.8) is 0 Å². The molecule has 8 nitrogen and oxygen atoms in total. The Morgan fingerprint density at radius 3 is 2.60 bits per heavy atom. The Bertz CT molecular complexity index is 779. The van der Waals surface area contributed by atoms with Gasteiger partial charge in [-0.05, 0) is 19.1 Å². The summed E-state index contributed by atoms with van der Waals surface area (Å²) < 4.78 is 1.67. The van der Waals surface area contributed by atoms with Gasteiger partial charge in [0.25, 0.3) is 5.56 Å². The Morgan fingerprint density at radius 2 is 1.92 bits per heavy atom. The van der Waals surface area contributed by atoms with Crippen molar-refractivity contribution in [1.82, 2.24) is 19.4 Å². The minimum atomic E-state index is -0.00686. The molecule has 0 atom stereocenters. The van der Waals surface area contributed by atoms with E-state index in [1.807, 2.05) is 17.9 Å². The van der Waals surface area contributed by atoms with Gasteiger partial charge in [-0.1, -0.05) is 6.07 Å². The standard InChI is InChI=1S/C17H23N7O/c1-2-22-8-3-5-14(15(22)25)13-21-16(18)23-9-11-24(12-10-23)17-19-6-4-7-20-17/h3-8H,2,9-13H2,1H3,(H2,18,21). The fourth-order valence-corrected chi connectivity index (χ4v) is 2.81. The van der Waals surface area contributed by atoms with Crippen molar-refractivity contribution in [2.75, 3.05) is 31.1 Å². The highest BCUT2D eigenvalue weighted by Gasteiger charge is 2.19. The van der Waals surface area contributed by atoms with Crippen LogP contribution in [0.25, 0.3) is 0 Å². The molecule has 1 fully saturated rings. The maximum absolute atomic E-state index is 12.2. The molecule has 0 aliphatic carbocycles. The molecule has 0 radical (unpaired) electrons. The molecular weight excluding hydrogens is 318 g/mol. The van der Waals surface area contributed by atoms with Crippen molar-refractivity contribution >= 4 is 11.9 Å². The molecule has 3 heterocycles. The van der Waals surface area contributed by atoms with Crippen molar-refractivity contribution in [3.05, 3.63) is 52.7 Å². The molecule has 1 aliphatic heterocycles. The van der Waals surface area contributed by atoms with E-state index in [0.717, 1.165) is 32.1 Å². The predicted octanol–water partition coefficient (Wildman–Crippen LogP) is 0.295. The number of rotatable bonds is 4. The SMILES string of the molecule is CCn1cccc(CN=C(N)N2CCN(c3ncccn3)CC2)c1=O. The molecule has 0 amide bonds. The van der Waals surface area contributed by atoms with Gasteiger partial charge < -0.3 is 20.1 Å². The molecule has 1 aliphatic rings. The number of anilines is 1. The molecule has 132 valence electrons. The normalized spacial score (nSPS) is 15.5. The monoisotopic (exact) mass is 341 g/mol. The van der Waals surface area contributed by atoms with Crippen molar-refractivity contribution in [1.29, 1.82) is 0 Å². The summed E-state index contributed by atoms with van der Waals surface area (Å²) in [6, 6.07) is 5.47. The topological polar surface area (TPSA) is 92.6 Å². The minimum Gasteiger partial charge on any atom is -0.370 e. The third-order valence-corrected chi connectivity index (χ3v) is 4.29. The lowest BCUT2D eigenvalue weighted by Crippen LogP contribution is -2.51. The molecule has 25 heavy (non-hydrogen) atoms. The van der Waals surface area contributed by atoms with Crippen molar-refractivity contribution < 1.29 is 0 Å². The zero-order valence-electron chi connectivity index (χ0n) is 14.4. The van der Waals surface area contributed by atoms with Gasteiger partial charge in [-0.15, -0.1) is 0 Å². The first-order valence-electron chi connectivity index (χ1n) is 8.44. The van der Waals surface area contributed by atoms with Gasteiger partial charge in [0.2, 0.25) is 5.95 Å². The van der Waals surface area contributed by atoms with Gasteiger partial charge >= 0.3 is 0 Å². The molecule has 3 rings (SSSR count). The Kier molecular flexibility index (Phi) is 5.27. The maximum Gasteiger partial charge on any atom is 0.255 e. The van der Waals surface area contributed by atoms with Crippen molar-refractivity contribution in [3.8, 4) is 0 Å². The number of hydrogen-bond acceptors (Lipinski definition) is 5. The summed E-state index contributed by atoms with van der Waals surface area (Å²) in [6.07, 6.45) is 5.27. The molecular formula is C17H23N7O. The zero-order valence-corrected chi connectivity index (χ0v) is 14.4. The van der Waals surface area contributed by atoms with E-state index in [9.17, 15) is 4.79 Å². The molecule has 2 aromatic heterocycles. The fourth-order valence-electron chi connectivity index (χ4n) is 2.81. The molecule has 0 bridgehead atoms. The average Bonchev–Trinajstić information content (AvgIpc) is 2.68. The van der Waals surface area contributed by atoms with Gasteiger partial charge in [-0.25, -0.2) is 15.0 Å². The first-order valence-corrected chi connectivity index (χ1v) is 8.44. The number of hydrogen-bond donors (Lipinski definition) is 1. The summed E-state index contributed by atoms with van der Waals surface area (Å²) >= 11 is 0. The lowest BCUT2D eigenvalue weighted by molar-refractivity contribution is 0.378. The van der Waals surface area contributed by atoms with Crippen LogP contribution < -0.4 is 16.2 Å². The second-order valence-electron chi connectivity index (χ2n) is 5.82. The minimum absolute atomic E-state index is 0.00686. The van der Waals surface area contributed by atoms with Crippen molar-refractivity contribution in [2.45, 2.75) is 20.0 Å². The van der Waals surface area contributed by atoms with Gasteiger partial charge in [0.15, 0.2) is 5.96 Å². The first kappa shape index (κ1) is 16.9. The molecule has 1 saturated heterocycles. The number of aryl methyl sites for hydroxylation is 1. The van der Waals surface area contributed by atoms with Crippen molar-refractivity contribution in [2.24, 2.45) is 10.7 Å². The van der Waals surface area contributed by atoms with Gasteiger partial charge in [-0.3, -0.25) is 4.79 Å². The Balaban J connectivity index is 1.60. The smallest absolute Gasteiger partial charge is 0.255 e. The van der Waals surface area contributed by atoms with E-state index in [0.29, 0.717) is 24.6 Å². The number of aromatic nitrogens is 3. The Hall–Kier alpha value is -2.90. The summed E-state index contributed by atoms with van der Waals surface area (Å²) in [5, 5.41) is 0. The van der Waals surface area contributed by atoms with Gasteiger partial charge in [0.1, 0.15) is 0 Å². The number of guanidine groups is 1. The molecule has 0 spiro atoms. The highest BCUT2D eigenvalue weighted by molar-refractivity contribution is 5.78. The van der Waals surface area contributed by atoms with E-state index >= 15 is 0 Å². The van der Waals surface area contributed by atoms with Gasteiger partial charge in [-0.2, -0.15) is 0 Å². The van der Waals surface area contributed by atoms with Crippen LogP contribution in [0.3, 0.4) is 0 Å². The largest absolute Gasteiger partial charge is 0.370 e. The number of piperazine rings is 1. The Morgan fingerprint density at radius 1 is 1.20 bits per heavy atom. The summed E-state index contributed by atoms with van der Waals surface area (Å²) in [5.74, 6) is 1.21. The average molecular weight is 341 g/mol. The fraction of sp³-hybridized carbons (Fsp3) is 0.412. The summed E-state index contributed by atoms with van der Waals surface area (Å²) in [6.45, 7) is 5.97. The van der Waals surface area contributed by atoms with Crippen LogP contribution in [0.15, 0.2) is 46.6 Å². The van der Waals surface area contributed by atoms with Crippen LogP contribution in [-0.2, 0) is 13.1 Å². The first-order chi connectivity index (χ1) is 12.2. The van der Waals surface area contributed by atoms with Crippen LogP contribution in [0, 0.1) is 0 Å². The van der Waals surface area contributed by atoms with E-state index in [2.05, 4.69) is 19.9 Å². The summed E-state index contributed by atoms with van der Waals surface area (Å²) in [4.78, 5) is 29.3. The van der Waals surface area contributed by atoms with E-state index in [1.165, 1.54) is 0 Å². The quantitative estimate of drug-likeness (QED) is 0.635. The van der Waals surface area contributed by atoms with E-state index in [-0.39, 0.29) is 5.56 Å². The number of aliphatic imine (C=N–C) groups is 1. The van der Waals surface area contributed by atoms with Crippen LogP contribution >= 0.6 is 0 Å². The molecule has 2 aromatic rings. The Labute approximate surface area is 146 Å². The van der Waals surface area contributed by atoms with Crippen LogP contribution in [0.4, 0.5) is 5.95 Å². The number of pyridine rings is 1. The van der Waals surface area contributed by atoms with Crippen LogP contribution in [-0.4, -0.2) is 51.6 Å². The highest BCUT2D eigenvalue weighted by Crippen LogP contribution is 2.09. The molecule has 0 aromatic carbocycles. The van der Waals surface area contributed by atoms with Crippen LogP contribution in [0.2, 0.25) is 0 Å². The third kappa shape index (κ3) is 3.96. The van der Waals surface area contributed by atoms with Gasteiger partial charge in [0.05, 0.1) is 6.54 Å². The summed E-state index contributed by atoms with van der Waals surface area (Å²) in [7, 11) is 0. The lowest BCUT2D eigenvalue weighted by Gasteiger charge is -2.35.